The quantitative estimate of drug-likeness (QED) is 0.445. The van der Waals surface area contributed by atoms with Crippen molar-refractivity contribution in [2.24, 2.45) is 0 Å². The maximum atomic E-state index is 2.45. The first kappa shape index (κ1) is 20.4. The Labute approximate surface area is 177 Å². The molecule has 0 aliphatic carbocycles. The van der Waals surface area contributed by atoms with E-state index in [1.165, 1.54) is 32.0 Å². The molecule has 0 spiro atoms. The van der Waals surface area contributed by atoms with E-state index in [9.17, 15) is 0 Å². The van der Waals surface area contributed by atoms with Gasteiger partial charge in [0.2, 0.25) is 5.52 Å². The Morgan fingerprint density at radius 2 is 1.43 bits per heavy atom. The van der Waals surface area contributed by atoms with Crippen LogP contribution < -0.4 is 21.9 Å². The van der Waals surface area contributed by atoms with Crippen LogP contribution in [0, 0.1) is 0 Å². The van der Waals surface area contributed by atoms with Crippen molar-refractivity contribution in [2.75, 3.05) is 18.0 Å². The number of fused-ring (bicyclic) bond motifs is 1. The Morgan fingerprint density at radius 1 is 0.786 bits per heavy atom. The van der Waals surface area contributed by atoms with Gasteiger partial charge in [0.25, 0.3) is 5.01 Å². The first-order valence-corrected chi connectivity index (χ1v) is 10.4. The Bertz CT molecular complexity index is 1020. The smallest absolute Gasteiger partial charge is 0.270 e. The van der Waals surface area contributed by atoms with Crippen LogP contribution in [-0.2, 0) is 6.54 Å². The molecule has 0 saturated heterocycles. The topological polar surface area (TPSA) is 7.12 Å². The van der Waals surface area contributed by atoms with Crippen molar-refractivity contribution in [3.8, 4) is 10.6 Å². The number of aromatic nitrogens is 1. The molecule has 0 bridgehead atoms. The van der Waals surface area contributed by atoms with Crippen LogP contribution in [0.25, 0.3) is 20.8 Å². The van der Waals surface area contributed by atoms with Crippen molar-refractivity contribution in [3.05, 3.63) is 84.4 Å². The Hall–Kier alpha value is -2.36. The van der Waals surface area contributed by atoms with Crippen LogP contribution in [0.2, 0.25) is 0 Å². The standard InChI is InChI=1S/C24H25N2S.ClH/c1-3-25(4-2)21-16-14-20(15-17-21)24-26(18-19-10-6-5-7-11-19)22-12-8-9-13-23(22)27-24;/h5-17H,3-4,18H2,1-2H3;1H/q+1;/p-1. The largest absolute Gasteiger partial charge is 1.00 e. The number of rotatable bonds is 6. The minimum absolute atomic E-state index is 0. The van der Waals surface area contributed by atoms with Crippen LogP contribution in [0.4, 0.5) is 5.69 Å². The summed E-state index contributed by atoms with van der Waals surface area (Å²) in [5.41, 5.74) is 5.20. The minimum Gasteiger partial charge on any atom is -1.00 e. The molecule has 0 unspecified atom stereocenters. The zero-order chi connectivity index (χ0) is 18.6. The molecule has 0 aliphatic heterocycles. The molecule has 0 aliphatic rings. The SMILES string of the molecule is CCN(CC)c1ccc(-c2sc3ccccc3[n+]2Cc2ccccc2)cc1.[Cl-]. The lowest BCUT2D eigenvalue weighted by molar-refractivity contribution is -0.647. The highest BCUT2D eigenvalue weighted by Crippen LogP contribution is 2.30. The molecule has 0 atom stereocenters. The van der Waals surface area contributed by atoms with E-state index in [1.54, 1.807) is 0 Å². The van der Waals surface area contributed by atoms with Crippen LogP contribution >= 0.6 is 11.3 Å². The third-order valence-electron chi connectivity index (χ3n) is 5.03. The molecule has 1 aromatic heterocycles. The first-order valence-electron chi connectivity index (χ1n) is 9.60. The zero-order valence-corrected chi connectivity index (χ0v) is 17.9. The summed E-state index contributed by atoms with van der Waals surface area (Å²) in [5, 5.41) is 1.31. The number of hydrogen-bond acceptors (Lipinski definition) is 2. The van der Waals surface area contributed by atoms with E-state index in [4.69, 9.17) is 0 Å². The van der Waals surface area contributed by atoms with Crippen LogP contribution in [-0.4, -0.2) is 13.1 Å². The number of thiazole rings is 1. The summed E-state index contributed by atoms with van der Waals surface area (Å²) in [7, 11) is 0. The normalized spacial score (nSPS) is 10.6. The summed E-state index contributed by atoms with van der Waals surface area (Å²) in [4.78, 5) is 2.38. The second-order valence-corrected chi connectivity index (χ2v) is 7.70. The molecule has 3 aromatic carbocycles. The van der Waals surface area contributed by atoms with Gasteiger partial charge in [-0.1, -0.05) is 53.8 Å². The predicted molar refractivity (Wildman–Crippen MR) is 117 cm³/mol. The van der Waals surface area contributed by atoms with Crippen LogP contribution in [0.5, 0.6) is 0 Å². The van der Waals surface area contributed by atoms with Crippen LogP contribution in [0.1, 0.15) is 19.4 Å². The molecule has 0 N–H and O–H groups in total. The van der Waals surface area contributed by atoms with Crippen LogP contribution in [0.15, 0.2) is 78.9 Å². The van der Waals surface area contributed by atoms with E-state index < -0.39 is 0 Å². The fraction of sp³-hybridized carbons (Fsp3) is 0.208. The lowest BCUT2D eigenvalue weighted by Gasteiger charge is -2.20. The summed E-state index contributed by atoms with van der Waals surface area (Å²) in [6.07, 6.45) is 0. The molecular formula is C24H25ClN2S. The monoisotopic (exact) mass is 408 g/mol. The number of anilines is 1. The summed E-state index contributed by atoms with van der Waals surface area (Å²) in [6.45, 7) is 7.37. The fourth-order valence-electron chi connectivity index (χ4n) is 3.58. The van der Waals surface area contributed by atoms with E-state index in [1.807, 2.05) is 11.3 Å². The Kier molecular flexibility index (Phi) is 6.71. The van der Waals surface area contributed by atoms with E-state index in [2.05, 4.69) is 102 Å². The molecule has 4 heteroatoms. The van der Waals surface area contributed by atoms with Crippen LogP contribution in [0.3, 0.4) is 0 Å². The number of nitrogens with zero attached hydrogens (tertiary/aromatic N) is 2. The van der Waals surface area contributed by atoms with E-state index >= 15 is 0 Å². The van der Waals surface area contributed by atoms with E-state index in [0.717, 1.165) is 19.6 Å². The summed E-state index contributed by atoms with van der Waals surface area (Å²) in [5.74, 6) is 0. The average molecular weight is 409 g/mol. The first-order chi connectivity index (χ1) is 13.3. The summed E-state index contributed by atoms with van der Waals surface area (Å²) >= 11 is 1.87. The number of halogens is 1. The molecule has 28 heavy (non-hydrogen) atoms. The van der Waals surface area contributed by atoms with Gasteiger partial charge >= 0.3 is 0 Å². The van der Waals surface area contributed by atoms with Gasteiger partial charge < -0.3 is 17.3 Å². The maximum absolute atomic E-state index is 2.45. The fourth-order valence-corrected chi connectivity index (χ4v) is 4.74. The van der Waals surface area contributed by atoms with E-state index in [-0.39, 0.29) is 12.4 Å². The summed E-state index contributed by atoms with van der Waals surface area (Å²) < 4.78 is 3.78. The zero-order valence-electron chi connectivity index (χ0n) is 16.3. The third-order valence-corrected chi connectivity index (χ3v) is 6.25. The predicted octanol–water partition coefficient (Wildman–Crippen LogP) is 2.75. The molecule has 4 aromatic rings. The van der Waals surface area contributed by atoms with Gasteiger partial charge in [-0.05, 0) is 44.2 Å². The number of hydrogen-bond donors (Lipinski definition) is 0. The molecule has 2 nitrogen and oxygen atoms in total. The van der Waals surface area contributed by atoms with Gasteiger partial charge in [-0.3, -0.25) is 0 Å². The van der Waals surface area contributed by atoms with Gasteiger partial charge in [0.1, 0.15) is 4.70 Å². The molecule has 144 valence electrons. The lowest BCUT2D eigenvalue weighted by Crippen LogP contribution is -3.00. The highest BCUT2D eigenvalue weighted by molar-refractivity contribution is 7.21. The highest BCUT2D eigenvalue weighted by Gasteiger charge is 2.22. The van der Waals surface area contributed by atoms with Gasteiger partial charge in [0, 0.05) is 30.4 Å². The van der Waals surface area contributed by atoms with Crippen molar-refractivity contribution >= 4 is 27.2 Å². The highest BCUT2D eigenvalue weighted by atomic mass is 35.5. The lowest BCUT2D eigenvalue weighted by atomic mass is 10.1. The molecule has 0 radical (unpaired) electrons. The maximum Gasteiger partial charge on any atom is 0.270 e. The van der Waals surface area contributed by atoms with Crippen molar-refractivity contribution in [1.82, 2.24) is 0 Å². The van der Waals surface area contributed by atoms with Gasteiger partial charge in [0.15, 0.2) is 6.54 Å². The molecule has 0 amide bonds. The van der Waals surface area contributed by atoms with Crippen molar-refractivity contribution in [2.45, 2.75) is 20.4 Å². The second kappa shape index (κ2) is 9.22. The second-order valence-electron chi connectivity index (χ2n) is 6.67. The Balaban J connectivity index is 0.00000225. The van der Waals surface area contributed by atoms with Crippen molar-refractivity contribution in [1.29, 1.82) is 0 Å². The average Bonchev–Trinajstić information content (AvgIpc) is 3.09. The number of para-hydroxylation sites is 1. The van der Waals surface area contributed by atoms with Gasteiger partial charge in [-0.25, -0.2) is 0 Å². The van der Waals surface area contributed by atoms with E-state index in [0.29, 0.717) is 0 Å². The van der Waals surface area contributed by atoms with Gasteiger partial charge in [-0.2, -0.15) is 4.57 Å². The summed E-state index contributed by atoms with van der Waals surface area (Å²) in [6, 6.07) is 28.4. The molecular weight excluding hydrogens is 384 g/mol. The third kappa shape index (κ3) is 4.06. The number of benzene rings is 3. The van der Waals surface area contributed by atoms with Gasteiger partial charge in [-0.15, -0.1) is 0 Å². The molecule has 0 saturated carbocycles. The van der Waals surface area contributed by atoms with Gasteiger partial charge in [0.05, 0.1) is 5.56 Å². The Morgan fingerprint density at radius 3 is 2.11 bits per heavy atom. The molecule has 0 fully saturated rings. The van der Waals surface area contributed by atoms with Crippen molar-refractivity contribution in [3.63, 3.8) is 0 Å². The van der Waals surface area contributed by atoms with Crippen molar-refractivity contribution < 1.29 is 17.0 Å². The molecule has 4 rings (SSSR count). The molecule has 1 heterocycles. The minimum atomic E-state index is 0.